The first kappa shape index (κ1) is 12.9. The number of hydrogen-bond donors (Lipinski definition) is 1. The molecule has 1 aliphatic rings. The van der Waals surface area contributed by atoms with E-state index in [-0.39, 0.29) is 11.5 Å². The predicted octanol–water partition coefficient (Wildman–Crippen LogP) is 1.52. The number of pyridine rings is 1. The Morgan fingerprint density at radius 3 is 3.11 bits per heavy atom. The molecule has 18 heavy (non-hydrogen) atoms. The van der Waals surface area contributed by atoms with Crippen LogP contribution >= 0.6 is 0 Å². The number of carbonyl (C=O) groups is 1. The van der Waals surface area contributed by atoms with Gasteiger partial charge >= 0.3 is 0 Å². The van der Waals surface area contributed by atoms with Crippen LogP contribution in [0.15, 0.2) is 12.3 Å². The van der Waals surface area contributed by atoms with Crippen LogP contribution in [0.4, 0.5) is 8.78 Å². The zero-order chi connectivity index (χ0) is 13.0. The molecule has 1 aromatic rings. The van der Waals surface area contributed by atoms with E-state index in [9.17, 15) is 13.6 Å². The maximum atomic E-state index is 13.3. The van der Waals surface area contributed by atoms with E-state index in [0.717, 1.165) is 31.7 Å². The molecular formula is C12H14F2N2O2. The number of ether oxygens (including phenoxy) is 1. The van der Waals surface area contributed by atoms with Crippen LogP contribution in [0.5, 0.6) is 0 Å². The van der Waals surface area contributed by atoms with E-state index in [4.69, 9.17) is 4.74 Å². The van der Waals surface area contributed by atoms with Crippen molar-refractivity contribution in [3.63, 3.8) is 0 Å². The lowest BCUT2D eigenvalue weighted by Crippen LogP contribution is -2.33. The third kappa shape index (κ3) is 3.01. The molecule has 0 radical (unpaired) electrons. The van der Waals surface area contributed by atoms with E-state index in [1.54, 1.807) is 0 Å². The van der Waals surface area contributed by atoms with E-state index in [1.165, 1.54) is 0 Å². The highest BCUT2D eigenvalue weighted by Crippen LogP contribution is 2.13. The zero-order valence-corrected chi connectivity index (χ0v) is 9.79. The van der Waals surface area contributed by atoms with Crippen molar-refractivity contribution in [1.29, 1.82) is 0 Å². The molecule has 2 heterocycles. The molecule has 1 aliphatic heterocycles. The molecule has 1 aromatic heterocycles. The highest BCUT2D eigenvalue weighted by molar-refractivity contribution is 5.94. The Morgan fingerprint density at radius 2 is 2.39 bits per heavy atom. The minimum absolute atomic E-state index is 0.234. The fraction of sp³-hybridized carbons (Fsp3) is 0.500. The minimum atomic E-state index is -1.26. The Kier molecular flexibility index (Phi) is 4.19. The number of nitrogens with one attached hydrogen (secondary N) is 1. The molecule has 1 saturated heterocycles. The number of halogens is 2. The Hall–Kier alpha value is -1.56. The van der Waals surface area contributed by atoms with Crippen LogP contribution < -0.4 is 5.32 Å². The van der Waals surface area contributed by atoms with Gasteiger partial charge < -0.3 is 10.1 Å². The van der Waals surface area contributed by atoms with Crippen molar-refractivity contribution in [2.24, 2.45) is 5.92 Å². The Labute approximate surface area is 103 Å². The third-order valence-electron chi connectivity index (χ3n) is 2.90. The van der Waals surface area contributed by atoms with Crippen molar-refractivity contribution in [3.05, 3.63) is 29.6 Å². The summed E-state index contributed by atoms with van der Waals surface area (Å²) in [5.74, 6) is -2.87. The molecule has 0 aliphatic carbocycles. The summed E-state index contributed by atoms with van der Waals surface area (Å²) in [7, 11) is 0. The summed E-state index contributed by atoms with van der Waals surface area (Å²) >= 11 is 0. The van der Waals surface area contributed by atoms with Crippen LogP contribution in [0.25, 0.3) is 0 Å². The van der Waals surface area contributed by atoms with Gasteiger partial charge in [-0.3, -0.25) is 4.79 Å². The highest BCUT2D eigenvalue weighted by atomic mass is 19.2. The molecule has 0 saturated carbocycles. The maximum absolute atomic E-state index is 13.3. The maximum Gasteiger partial charge on any atom is 0.254 e. The van der Waals surface area contributed by atoms with Gasteiger partial charge in [-0.1, -0.05) is 0 Å². The van der Waals surface area contributed by atoms with E-state index >= 15 is 0 Å². The largest absolute Gasteiger partial charge is 0.381 e. The number of hydrogen-bond acceptors (Lipinski definition) is 3. The first-order valence-corrected chi connectivity index (χ1v) is 5.84. The highest BCUT2D eigenvalue weighted by Gasteiger charge is 2.18. The average Bonchev–Trinajstić information content (AvgIpc) is 2.40. The molecule has 98 valence electrons. The lowest BCUT2D eigenvalue weighted by atomic mass is 10.0. The van der Waals surface area contributed by atoms with Gasteiger partial charge in [-0.05, 0) is 24.8 Å². The second kappa shape index (κ2) is 5.86. The summed E-state index contributed by atoms with van der Waals surface area (Å²) in [6, 6.07) is 1.16. The lowest BCUT2D eigenvalue weighted by molar-refractivity contribution is 0.0535. The summed E-state index contributed by atoms with van der Waals surface area (Å²) in [4.78, 5) is 14.8. The van der Waals surface area contributed by atoms with Gasteiger partial charge in [-0.2, -0.15) is 4.39 Å². The Balaban J connectivity index is 1.93. The van der Waals surface area contributed by atoms with Crippen LogP contribution in [0.2, 0.25) is 0 Å². The van der Waals surface area contributed by atoms with Gasteiger partial charge in [0.1, 0.15) is 0 Å². The molecule has 2 rings (SSSR count). The molecular weight excluding hydrogens is 242 g/mol. The first-order valence-electron chi connectivity index (χ1n) is 5.84. The van der Waals surface area contributed by atoms with Crippen molar-refractivity contribution >= 4 is 5.91 Å². The fourth-order valence-corrected chi connectivity index (χ4v) is 1.89. The molecule has 0 spiro atoms. The molecule has 1 fully saturated rings. The third-order valence-corrected chi connectivity index (χ3v) is 2.90. The SMILES string of the molecule is O=C(NCC1CCCOC1)c1ccnc(F)c1F. The van der Waals surface area contributed by atoms with Crippen LogP contribution in [-0.4, -0.2) is 30.6 Å². The van der Waals surface area contributed by atoms with Crippen LogP contribution in [0.1, 0.15) is 23.2 Å². The van der Waals surface area contributed by atoms with Crippen LogP contribution in [-0.2, 0) is 4.74 Å². The van der Waals surface area contributed by atoms with Gasteiger partial charge in [0.05, 0.1) is 12.2 Å². The topological polar surface area (TPSA) is 51.2 Å². The number of aromatic nitrogens is 1. The predicted molar refractivity (Wildman–Crippen MR) is 60.0 cm³/mol. The number of carbonyl (C=O) groups excluding carboxylic acids is 1. The van der Waals surface area contributed by atoms with Crippen molar-refractivity contribution in [2.75, 3.05) is 19.8 Å². The first-order chi connectivity index (χ1) is 8.68. The number of rotatable bonds is 3. The minimum Gasteiger partial charge on any atom is -0.381 e. The van der Waals surface area contributed by atoms with Gasteiger partial charge in [-0.15, -0.1) is 0 Å². The van der Waals surface area contributed by atoms with Crippen molar-refractivity contribution in [2.45, 2.75) is 12.8 Å². The van der Waals surface area contributed by atoms with E-state index in [1.807, 2.05) is 0 Å². The summed E-state index contributed by atoms with van der Waals surface area (Å²) in [6.45, 7) is 1.74. The molecule has 1 N–H and O–H groups in total. The zero-order valence-electron chi connectivity index (χ0n) is 9.79. The molecule has 1 atom stereocenters. The molecule has 0 aromatic carbocycles. The van der Waals surface area contributed by atoms with E-state index in [0.29, 0.717) is 13.2 Å². The molecule has 1 amide bonds. The standard InChI is InChI=1S/C12H14F2N2O2/c13-10-9(3-4-15-11(10)14)12(17)16-6-8-2-1-5-18-7-8/h3-4,8H,1-2,5-7H2,(H,16,17). The Morgan fingerprint density at radius 1 is 1.56 bits per heavy atom. The van der Waals surface area contributed by atoms with Crippen LogP contribution in [0.3, 0.4) is 0 Å². The van der Waals surface area contributed by atoms with Crippen molar-refractivity contribution in [1.82, 2.24) is 10.3 Å². The quantitative estimate of drug-likeness (QED) is 0.834. The normalized spacial score (nSPS) is 19.6. The van der Waals surface area contributed by atoms with Crippen molar-refractivity contribution < 1.29 is 18.3 Å². The molecule has 0 bridgehead atoms. The smallest absolute Gasteiger partial charge is 0.254 e. The summed E-state index contributed by atoms with van der Waals surface area (Å²) in [5, 5.41) is 2.58. The number of amides is 1. The van der Waals surface area contributed by atoms with Crippen LogP contribution in [0, 0.1) is 17.7 Å². The van der Waals surface area contributed by atoms with Gasteiger partial charge in [0.25, 0.3) is 5.91 Å². The monoisotopic (exact) mass is 256 g/mol. The summed E-state index contributed by atoms with van der Waals surface area (Å²) in [5.41, 5.74) is -0.320. The fourth-order valence-electron chi connectivity index (χ4n) is 1.89. The molecule has 4 nitrogen and oxygen atoms in total. The molecule has 6 heteroatoms. The van der Waals surface area contributed by atoms with Gasteiger partial charge in [0, 0.05) is 19.3 Å². The Bertz CT molecular complexity index is 434. The van der Waals surface area contributed by atoms with Gasteiger partial charge in [-0.25, -0.2) is 9.37 Å². The summed E-state index contributed by atoms with van der Waals surface area (Å²) < 4.78 is 31.4. The molecule has 1 unspecified atom stereocenters. The van der Waals surface area contributed by atoms with Gasteiger partial charge in [0.15, 0.2) is 5.82 Å². The van der Waals surface area contributed by atoms with E-state index < -0.39 is 17.7 Å². The van der Waals surface area contributed by atoms with E-state index in [2.05, 4.69) is 10.3 Å². The summed E-state index contributed by atoms with van der Waals surface area (Å²) in [6.07, 6.45) is 2.99. The average molecular weight is 256 g/mol. The number of nitrogens with zero attached hydrogens (tertiary/aromatic N) is 1. The van der Waals surface area contributed by atoms with Gasteiger partial charge in [0.2, 0.25) is 5.95 Å². The second-order valence-corrected chi connectivity index (χ2v) is 4.26. The van der Waals surface area contributed by atoms with Crippen molar-refractivity contribution in [3.8, 4) is 0 Å². The lowest BCUT2D eigenvalue weighted by Gasteiger charge is -2.22. The second-order valence-electron chi connectivity index (χ2n) is 4.26.